The van der Waals surface area contributed by atoms with Crippen molar-refractivity contribution in [2.75, 3.05) is 12.0 Å². The smallest absolute Gasteiger partial charge is 0.339 e. The number of hydrogen-bond acceptors (Lipinski definition) is 4. The molecule has 6 heteroatoms. The van der Waals surface area contributed by atoms with Crippen molar-refractivity contribution in [2.24, 2.45) is 0 Å². The normalized spacial score (nSPS) is 20.6. The van der Waals surface area contributed by atoms with E-state index in [2.05, 4.69) is 31.2 Å². The number of carboxylic acids is 1. The van der Waals surface area contributed by atoms with Crippen LogP contribution < -0.4 is 4.90 Å². The van der Waals surface area contributed by atoms with Crippen molar-refractivity contribution in [1.82, 2.24) is 0 Å². The SMILES string of the molecule is COC1(C)/C(=C\c2c(C)cccc2C2CC2)c2c(Cl)cccc2N1c1ccc(C(=O)O)c(O)c1. The lowest BCUT2D eigenvalue weighted by atomic mass is 9.92. The Morgan fingerprint density at radius 1 is 1.18 bits per heavy atom. The standard InChI is InChI=1S/C28H26ClNO4/c1-16-6-4-7-19(17-10-11-17)21(16)15-22-26-23(29)8-5-9-24(26)30(28(22,2)34-3)18-12-13-20(27(32)33)25(31)14-18/h4-9,12-15,17,31H,10-11H2,1-3H3,(H,32,33)/b22-15-. The molecular formula is C28H26ClNO4. The van der Waals surface area contributed by atoms with Crippen LogP contribution in [0.5, 0.6) is 5.75 Å². The second-order valence-electron chi connectivity index (χ2n) is 9.07. The van der Waals surface area contributed by atoms with Crippen molar-refractivity contribution in [1.29, 1.82) is 0 Å². The van der Waals surface area contributed by atoms with E-state index in [1.165, 1.54) is 41.7 Å². The van der Waals surface area contributed by atoms with Crippen molar-refractivity contribution in [3.63, 3.8) is 0 Å². The highest BCUT2D eigenvalue weighted by Crippen LogP contribution is 2.55. The van der Waals surface area contributed by atoms with Crippen LogP contribution in [0.2, 0.25) is 5.02 Å². The van der Waals surface area contributed by atoms with Gasteiger partial charge in [-0.05, 0) is 79.6 Å². The predicted octanol–water partition coefficient (Wildman–Crippen LogP) is 6.98. The van der Waals surface area contributed by atoms with E-state index in [1.807, 2.05) is 30.0 Å². The number of ether oxygens (including phenoxy) is 1. The number of halogens is 1. The Balaban J connectivity index is 1.75. The van der Waals surface area contributed by atoms with E-state index in [1.54, 1.807) is 13.2 Å². The number of fused-ring (bicyclic) bond motifs is 1. The largest absolute Gasteiger partial charge is 0.507 e. The third-order valence-corrected chi connectivity index (χ3v) is 7.27. The molecule has 2 N–H and O–H groups in total. The van der Waals surface area contributed by atoms with Crippen molar-refractivity contribution in [2.45, 2.75) is 38.3 Å². The van der Waals surface area contributed by atoms with Crippen LogP contribution in [0.4, 0.5) is 11.4 Å². The van der Waals surface area contributed by atoms with E-state index in [0.29, 0.717) is 16.6 Å². The lowest BCUT2D eigenvalue weighted by molar-refractivity contribution is 0.0681. The molecule has 0 amide bonds. The van der Waals surface area contributed by atoms with Gasteiger partial charge in [0.25, 0.3) is 0 Å². The number of hydrogen-bond donors (Lipinski definition) is 2. The fraction of sp³-hybridized carbons (Fsp3) is 0.250. The first-order valence-corrected chi connectivity index (χ1v) is 11.7. The molecule has 0 aromatic heterocycles. The molecule has 5 nitrogen and oxygen atoms in total. The van der Waals surface area contributed by atoms with E-state index >= 15 is 0 Å². The summed E-state index contributed by atoms with van der Waals surface area (Å²) in [5, 5.41) is 20.4. The molecule has 174 valence electrons. The van der Waals surface area contributed by atoms with Gasteiger partial charge >= 0.3 is 5.97 Å². The van der Waals surface area contributed by atoms with Gasteiger partial charge in [0.2, 0.25) is 0 Å². The fourth-order valence-electron chi connectivity index (χ4n) is 4.98. The third-order valence-electron chi connectivity index (χ3n) is 6.96. The van der Waals surface area contributed by atoms with E-state index in [-0.39, 0.29) is 11.3 Å². The Labute approximate surface area is 203 Å². The highest BCUT2D eigenvalue weighted by molar-refractivity contribution is 6.34. The predicted molar refractivity (Wildman–Crippen MR) is 135 cm³/mol. The van der Waals surface area contributed by atoms with Gasteiger partial charge in [-0.15, -0.1) is 0 Å². The molecule has 1 atom stereocenters. The minimum atomic E-state index is -1.18. The Hall–Kier alpha value is -3.28. The lowest BCUT2D eigenvalue weighted by Gasteiger charge is -2.37. The molecule has 0 spiro atoms. The number of benzene rings is 3. The number of nitrogens with zero attached hydrogens (tertiary/aromatic N) is 1. The Bertz CT molecular complexity index is 1340. The summed E-state index contributed by atoms with van der Waals surface area (Å²) >= 11 is 6.77. The van der Waals surface area contributed by atoms with E-state index in [0.717, 1.165) is 16.8 Å². The fourth-order valence-corrected chi connectivity index (χ4v) is 5.25. The average Bonchev–Trinajstić information content (AvgIpc) is 3.60. The molecule has 1 heterocycles. The maximum atomic E-state index is 11.4. The number of carboxylic acid groups (broad SMARTS) is 1. The molecule has 0 radical (unpaired) electrons. The average molecular weight is 476 g/mol. The second-order valence-corrected chi connectivity index (χ2v) is 9.48. The summed E-state index contributed by atoms with van der Waals surface area (Å²) in [6.45, 7) is 4.08. The Morgan fingerprint density at radius 2 is 1.91 bits per heavy atom. The van der Waals surface area contributed by atoms with Crippen LogP contribution in [0.1, 0.15) is 58.3 Å². The number of aryl methyl sites for hydroxylation is 1. The van der Waals surface area contributed by atoms with Gasteiger partial charge in [0.15, 0.2) is 5.72 Å². The molecule has 5 rings (SSSR count). The van der Waals surface area contributed by atoms with Crippen LogP contribution >= 0.6 is 11.6 Å². The molecule has 0 bridgehead atoms. The van der Waals surface area contributed by atoms with Crippen molar-refractivity contribution in [3.05, 3.63) is 87.4 Å². The van der Waals surface area contributed by atoms with E-state index in [9.17, 15) is 15.0 Å². The molecular weight excluding hydrogens is 450 g/mol. The maximum Gasteiger partial charge on any atom is 0.339 e. The summed E-state index contributed by atoms with van der Waals surface area (Å²) in [5.74, 6) is -0.917. The minimum absolute atomic E-state index is 0.155. The first kappa shape index (κ1) is 22.5. The summed E-state index contributed by atoms with van der Waals surface area (Å²) in [6.07, 6.45) is 4.57. The number of aromatic hydroxyl groups is 1. The molecule has 2 aliphatic rings. The summed E-state index contributed by atoms with van der Waals surface area (Å²) in [4.78, 5) is 13.4. The molecule has 34 heavy (non-hydrogen) atoms. The van der Waals surface area contributed by atoms with Gasteiger partial charge in [0.1, 0.15) is 11.3 Å². The van der Waals surface area contributed by atoms with Crippen LogP contribution in [0.3, 0.4) is 0 Å². The quantitative estimate of drug-likeness (QED) is 0.416. The van der Waals surface area contributed by atoms with Crippen molar-refractivity contribution in [3.8, 4) is 5.75 Å². The molecule has 1 fully saturated rings. The van der Waals surface area contributed by atoms with Gasteiger partial charge in [0, 0.05) is 30.0 Å². The molecule has 3 aromatic rings. The van der Waals surface area contributed by atoms with Crippen LogP contribution in [0.15, 0.2) is 54.6 Å². The Kier molecular flexibility index (Phi) is 5.42. The van der Waals surface area contributed by atoms with Gasteiger partial charge in [-0.3, -0.25) is 0 Å². The topological polar surface area (TPSA) is 70.0 Å². The van der Waals surface area contributed by atoms with Crippen LogP contribution in [0, 0.1) is 6.92 Å². The van der Waals surface area contributed by atoms with Crippen molar-refractivity contribution < 1.29 is 19.7 Å². The third kappa shape index (κ3) is 3.47. The molecule has 1 aliphatic carbocycles. The first-order valence-electron chi connectivity index (χ1n) is 11.3. The molecule has 0 saturated heterocycles. The van der Waals surface area contributed by atoms with Crippen LogP contribution in [-0.4, -0.2) is 29.0 Å². The molecule has 1 unspecified atom stereocenters. The van der Waals surface area contributed by atoms with Crippen molar-refractivity contribution >= 4 is 40.6 Å². The van der Waals surface area contributed by atoms with Gasteiger partial charge in [-0.2, -0.15) is 0 Å². The minimum Gasteiger partial charge on any atom is -0.507 e. The van der Waals surface area contributed by atoms with Gasteiger partial charge in [-0.1, -0.05) is 35.9 Å². The zero-order valence-corrected chi connectivity index (χ0v) is 20.1. The summed E-state index contributed by atoms with van der Waals surface area (Å²) in [7, 11) is 1.64. The van der Waals surface area contributed by atoms with Gasteiger partial charge in [-0.25, -0.2) is 4.79 Å². The molecule has 1 aliphatic heterocycles. The second kappa shape index (κ2) is 8.19. The monoisotopic (exact) mass is 475 g/mol. The number of aromatic carboxylic acids is 1. The van der Waals surface area contributed by atoms with E-state index in [4.69, 9.17) is 16.3 Å². The number of anilines is 2. The zero-order chi connectivity index (χ0) is 24.2. The highest BCUT2D eigenvalue weighted by Gasteiger charge is 2.47. The van der Waals surface area contributed by atoms with Crippen LogP contribution in [0.25, 0.3) is 11.6 Å². The summed E-state index contributed by atoms with van der Waals surface area (Å²) in [5.41, 5.74) is 5.80. The van der Waals surface area contributed by atoms with Crippen LogP contribution in [-0.2, 0) is 4.74 Å². The summed E-state index contributed by atoms with van der Waals surface area (Å²) in [6, 6.07) is 16.7. The number of phenols is 1. The summed E-state index contributed by atoms with van der Waals surface area (Å²) < 4.78 is 6.16. The van der Waals surface area contributed by atoms with E-state index < -0.39 is 11.7 Å². The number of methoxy groups -OCH3 is 1. The number of carbonyl (C=O) groups is 1. The lowest BCUT2D eigenvalue weighted by Crippen LogP contribution is -2.42. The molecule has 1 saturated carbocycles. The molecule has 3 aromatic carbocycles. The number of rotatable bonds is 5. The highest BCUT2D eigenvalue weighted by atomic mass is 35.5. The zero-order valence-electron chi connectivity index (χ0n) is 19.3. The van der Waals surface area contributed by atoms with Gasteiger partial charge < -0.3 is 19.8 Å². The maximum absolute atomic E-state index is 11.4. The van der Waals surface area contributed by atoms with Gasteiger partial charge in [0.05, 0.1) is 10.7 Å². The first-order chi connectivity index (χ1) is 16.3. The Morgan fingerprint density at radius 3 is 2.56 bits per heavy atom.